The zero-order valence-corrected chi connectivity index (χ0v) is 13.0. The van der Waals surface area contributed by atoms with Gasteiger partial charge in [0.1, 0.15) is 0 Å². The second-order valence-corrected chi connectivity index (χ2v) is 5.71. The summed E-state index contributed by atoms with van der Waals surface area (Å²) in [7, 11) is 3.43. The van der Waals surface area contributed by atoms with Crippen LogP contribution in [-0.2, 0) is 12.7 Å². The minimum Gasteiger partial charge on any atom is -0.371 e. The average Bonchev–Trinajstić information content (AvgIpc) is 2.37. The number of thioether (sulfide) groups is 1. The van der Waals surface area contributed by atoms with Gasteiger partial charge in [0.15, 0.2) is 0 Å². The number of halogens is 3. The van der Waals surface area contributed by atoms with Crippen LogP contribution in [0.5, 0.6) is 0 Å². The first kappa shape index (κ1) is 17.2. The summed E-state index contributed by atoms with van der Waals surface area (Å²) in [5.74, 6) is 0.784. The summed E-state index contributed by atoms with van der Waals surface area (Å²) in [5.41, 5.74) is 0.300. The molecule has 0 saturated carbocycles. The molecule has 1 aromatic carbocycles. The van der Waals surface area contributed by atoms with Crippen LogP contribution in [0.4, 0.5) is 18.9 Å². The molecule has 0 spiro atoms. The minimum atomic E-state index is -4.34. The van der Waals surface area contributed by atoms with Gasteiger partial charge in [-0.1, -0.05) is 6.07 Å². The van der Waals surface area contributed by atoms with Gasteiger partial charge in [0.05, 0.1) is 5.56 Å². The number of rotatable bonds is 6. The van der Waals surface area contributed by atoms with Crippen LogP contribution in [0.1, 0.15) is 18.1 Å². The van der Waals surface area contributed by atoms with Crippen molar-refractivity contribution in [1.29, 1.82) is 0 Å². The highest BCUT2D eigenvalue weighted by Gasteiger charge is 2.35. The van der Waals surface area contributed by atoms with Gasteiger partial charge in [-0.2, -0.15) is 24.9 Å². The van der Waals surface area contributed by atoms with Gasteiger partial charge in [0.25, 0.3) is 0 Å². The van der Waals surface area contributed by atoms with Gasteiger partial charge < -0.3 is 10.2 Å². The molecule has 0 amide bonds. The molecule has 1 rings (SSSR count). The van der Waals surface area contributed by atoms with Gasteiger partial charge in [-0.25, -0.2) is 0 Å². The fourth-order valence-electron chi connectivity index (χ4n) is 2.02. The number of nitrogens with zero attached hydrogens (tertiary/aromatic N) is 1. The van der Waals surface area contributed by atoms with E-state index < -0.39 is 11.7 Å². The molecule has 1 unspecified atom stereocenters. The SMILES string of the molecule is CNCc1ccc(N(C)C(C)CSC)c(C(F)(F)F)c1. The third-order valence-corrected chi connectivity index (χ3v) is 4.01. The van der Waals surface area contributed by atoms with Crippen LogP contribution in [0.15, 0.2) is 18.2 Å². The Morgan fingerprint density at radius 2 is 2.00 bits per heavy atom. The summed E-state index contributed by atoms with van der Waals surface area (Å²) in [5, 5.41) is 2.87. The molecule has 0 aliphatic heterocycles. The normalized spacial score (nSPS) is 13.3. The van der Waals surface area contributed by atoms with E-state index >= 15 is 0 Å². The second-order valence-electron chi connectivity index (χ2n) is 4.79. The van der Waals surface area contributed by atoms with Crippen molar-refractivity contribution in [2.75, 3.05) is 31.0 Å². The van der Waals surface area contributed by atoms with Crippen molar-refractivity contribution >= 4 is 17.4 Å². The average molecular weight is 306 g/mol. The van der Waals surface area contributed by atoms with Gasteiger partial charge >= 0.3 is 6.18 Å². The van der Waals surface area contributed by atoms with Gasteiger partial charge in [-0.05, 0) is 37.9 Å². The molecule has 0 radical (unpaired) electrons. The molecular weight excluding hydrogens is 285 g/mol. The van der Waals surface area contributed by atoms with Gasteiger partial charge in [-0.3, -0.25) is 0 Å². The molecule has 1 N–H and O–H groups in total. The highest BCUT2D eigenvalue weighted by atomic mass is 32.2. The van der Waals surface area contributed by atoms with Gasteiger partial charge in [0.2, 0.25) is 0 Å². The molecule has 0 aliphatic rings. The Bertz CT molecular complexity index is 435. The molecule has 20 heavy (non-hydrogen) atoms. The summed E-state index contributed by atoms with van der Waals surface area (Å²) in [6, 6.07) is 4.57. The lowest BCUT2D eigenvalue weighted by molar-refractivity contribution is -0.137. The maximum Gasteiger partial charge on any atom is 0.418 e. The van der Waals surface area contributed by atoms with E-state index in [2.05, 4.69) is 5.32 Å². The molecule has 0 heterocycles. The quantitative estimate of drug-likeness (QED) is 0.864. The predicted molar refractivity (Wildman–Crippen MR) is 80.5 cm³/mol. The first-order valence-corrected chi connectivity index (χ1v) is 7.77. The first-order chi connectivity index (χ1) is 9.31. The number of hydrogen-bond donors (Lipinski definition) is 1. The Balaban J connectivity index is 3.18. The number of hydrogen-bond acceptors (Lipinski definition) is 3. The van der Waals surface area contributed by atoms with Gasteiger partial charge in [0, 0.05) is 31.1 Å². The van der Waals surface area contributed by atoms with Crippen molar-refractivity contribution in [3.63, 3.8) is 0 Å². The first-order valence-electron chi connectivity index (χ1n) is 6.37. The smallest absolute Gasteiger partial charge is 0.371 e. The number of nitrogens with one attached hydrogen (secondary N) is 1. The van der Waals surface area contributed by atoms with Crippen LogP contribution < -0.4 is 10.2 Å². The molecule has 0 fully saturated rings. The largest absolute Gasteiger partial charge is 0.418 e. The Hall–Kier alpha value is -0.880. The van der Waals surface area contributed by atoms with E-state index in [0.717, 1.165) is 5.75 Å². The molecular formula is C14H21F3N2S. The molecule has 1 aromatic rings. The molecule has 114 valence electrons. The third kappa shape index (κ3) is 4.31. The van der Waals surface area contributed by atoms with Crippen LogP contribution >= 0.6 is 11.8 Å². The summed E-state index contributed by atoms with van der Waals surface area (Å²) in [4.78, 5) is 1.70. The summed E-state index contributed by atoms with van der Waals surface area (Å²) >= 11 is 1.62. The topological polar surface area (TPSA) is 15.3 Å². The van der Waals surface area contributed by atoms with E-state index in [0.29, 0.717) is 12.1 Å². The maximum atomic E-state index is 13.2. The van der Waals surface area contributed by atoms with E-state index in [4.69, 9.17) is 0 Å². The number of benzene rings is 1. The molecule has 0 saturated heterocycles. The Kier molecular flexibility index (Phi) is 6.20. The lowest BCUT2D eigenvalue weighted by atomic mass is 10.1. The van der Waals surface area contributed by atoms with Crippen LogP contribution in [0.3, 0.4) is 0 Å². The van der Waals surface area contributed by atoms with E-state index in [1.165, 1.54) is 6.07 Å². The van der Waals surface area contributed by atoms with Crippen molar-refractivity contribution in [1.82, 2.24) is 5.32 Å². The zero-order chi connectivity index (χ0) is 15.3. The lowest BCUT2D eigenvalue weighted by Gasteiger charge is -2.29. The standard InChI is InChI=1S/C14H21F3N2S/c1-10(9-20-4)19(3)13-6-5-11(8-18-2)7-12(13)14(15,16)17/h5-7,10,18H,8-9H2,1-4H3. The van der Waals surface area contributed by atoms with Crippen molar-refractivity contribution in [2.45, 2.75) is 25.7 Å². The molecule has 0 aromatic heterocycles. The van der Waals surface area contributed by atoms with Crippen LogP contribution in [-0.4, -0.2) is 32.1 Å². The van der Waals surface area contributed by atoms with Crippen molar-refractivity contribution < 1.29 is 13.2 Å². The van der Waals surface area contributed by atoms with Crippen molar-refractivity contribution in [3.05, 3.63) is 29.3 Å². The Morgan fingerprint density at radius 1 is 1.35 bits per heavy atom. The Labute approximate surface area is 122 Å². The molecule has 1 atom stereocenters. The fraction of sp³-hybridized carbons (Fsp3) is 0.571. The predicted octanol–water partition coefficient (Wildman–Crippen LogP) is 3.61. The van der Waals surface area contributed by atoms with Gasteiger partial charge in [-0.15, -0.1) is 0 Å². The monoisotopic (exact) mass is 306 g/mol. The Morgan fingerprint density at radius 3 is 2.50 bits per heavy atom. The van der Waals surface area contributed by atoms with E-state index in [-0.39, 0.29) is 11.7 Å². The fourth-order valence-corrected chi connectivity index (χ4v) is 2.73. The number of alkyl halides is 3. The van der Waals surface area contributed by atoms with Crippen LogP contribution in [0.25, 0.3) is 0 Å². The molecule has 0 bridgehead atoms. The maximum absolute atomic E-state index is 13.2. The van der Waals surface area contributed by atoms with Crippen molar-refractivity contribution in [2.24, 2.45) is 0 Å². The summed E-state index contributed by atoms with van der Waals surface area (Å²) in [6.07, 6.45) is -2.39. The molecule has 6 heteroatoms. The highest BCUT2D eigenvalue weighted by molar-refractivity contribution is 7.98. The van der Waals surface area contributed by atoms with Crippen LogP contribution in [0, 0.1) is 0 Å². The zero-order valence-electron chi connectivity index (χ0n) is 12.2. The summed E-state index contributed by atoms with van der Waals surface area (Å²) < 4.78 is 39.7. The minimum absolute atomic E-state index is 0.0428. The lowest BCUT2D eigenvalue weighted by Crippen LogP contribution is -2.32. The second kappa shape index (κ2) is 7.22. The number of anilines is 1. The van der Waals surface area contributed by atoms with E-state index in [1.54, 1.807) is 42.9 Å². The van der Waals surface area contributed by atoms with E-state index in [1.807, 2.05) is 13.2 Å². The molecule has 2 nitrogen and oxygen atoms in total. The van der Waals surface area contributed by atoms with Crippen molar-refractivity contribution in [3.8, 4) is 0 Å². The molecule has 0 aliphatic carbocycles. The van der Waals surface area contributed by atoms with E-state index in [9.17, 15) is 13.2 Å². The highest BCUT2D eigenvalue weighted by Crippen LogP contribution is 2.37. The summed E-state index contributed by atoms with van der Waals surface area (Å²) in [6.45, 7) is 2.35. The van der Waals surface area contributed by atoms with Crippen LogP contribution in [0.2, 0.25) is 0 Å². The third-order valence-electron chi connectivity index (χ3n) is 3.20.